The van der Waals surface area contributed by atoms with Gasteiger partial charge in [-0.15, -0.1) is 0 Å². The molecule has 1 amide bonds. The number of esters is 1. The van der Waals surface area contributed by atoms with Crippen LogP contribution in [0.4, 0.5) is 0 Å². The van der Waals surface area contributed by atoms with Crippen LogP contribution in [0.15, 0.2) is 83.5 Å². The molecule has 4 aromatic rings. The van der Waals surface area contributed by atoms with Gasteiger partial charge in [-0.05, 0) is 60.2 Å². The number of H-pyrrole nitrogens is 1. The Balaban J connectivity index is 1.50. The van der Waals surface area contributed by atoms with E-state index in [0.717, 1.165) is 20.9 Å². The van der Waals surface area contributed by atoms with Gasteiger partial charge in [-0.1, -0.05) is 34.1 Å². The normalized spacial score (nSPS) is 11.6. The van der Waals surface area contributed by atoms with E-state index in [1.165, 1.54) is 7.11 Å². The summed E-state index contributed by atoms with van der Waals surface area (Å²) in [6.07, 6.45) is 2.00. The smallest absolute Gasteiger partial charge is 0.329 e. The Hall–Kier alpha value is -3.91. The third-order valence-electron chi connectivity index (χ3n) is 5.55. The van der Waals surface area contributed by atoms with Crippen molar-refractivity contribution in [1.29, 1.82) is 0 Å². The lowest BCUT2D eigenvalue weighted by Gasteiger charge is -2.18. The second kappa shape index (κ2) is 11.0. The number of aromatic nitrogens is 1. The van der Waals surface area contributed by atoms with Crippen LogP contribution in [0.3, 0.4) is 0 Å². The third-order valence-corrected chi connectivity index (χ3v) is 6.08. The summed E-state index contributed by atoms with van der Waals surface area (Å²) in [6, 6.07) is 20.0. The van der Waals surface area contributed by atoms with E-state index in [1.54, 1.807) is 54.7 Å². The number of Topliss-reactive ketones (excluding diaryl/α,β-unsaturated/α-hetero) is 1. The lowest BCUT2D eigenvalue weighted by molar-refractivity contribution is -0.144. The zero-order valence-electron chi connectivity index (χ0n) is 18.9. The van der Waals surface area contributed by atoms with Crippen LogP contribution in [0.2, 0.25) is 0 Å². The second-order valence-electron chi connectivity index (χ2n) is 7.86. The van der Waals surface area contributed by atoms with Crippen molar-refractivity contribution in [2.24, 2.45) is 0 Å². The molecule has 0 spiro atoms. The SMILES string of the molecule is COc1ccc(C(=O)COC(=O)[C@H](Cc2c[nH]c3ccccc23)NC(=O)c2ccc(Br)cc2)cc1. The van der Waals surface area contributed by atoms with Crippen molar-refractivity contribution in [3.8, 4) is 5.75 Å². The number of benzene rings is 3. The van der Waals surface area contributed by atoms with Crippen LogP contribution in [-0.2, 0) is 16.0 Å². The molecule has 1 atom stereocenters. The van der Waals surface area contributed by atoms with Gasteiger partial charge in [-0.2, -0.15) is 0 Å². The maximum absolute atomic E-state index is 13.0. The Labute approximate surface area is 210 Å². The molecule has 2 N–H and O–H groups in total. The number of para-hydroxylation sites is 1. The van der Waals surface area contributed by atoms with Gasteiger partial charge in [0.1, 0.15) is 11.8 Å². The van der Waals surface area contributed by atoms with Crippen LogP contribution in [0, 0.1) is 0 Å². The van der Waals surface area contributed by atoms with Gasteiger partial charge in [0.05, 0.1) is 7.11 Å². The van der Waals surface area contributed by atoms with E-state index >= 15 is 0 Å². The molecule has 0 fully saturated rings. The molecule has 3 aromatic carbocycles. The average Bonchev–Trinajstić information content (AvgIpc) is 3.29. The van der Waals surface area contributed by atoms with Crippen molar-refractivity contribution < 1.29 is 23.9 Å². The Morgan fingerprint density at radius 2 is 1.63 bits per heavy atom. The number of rotatable bonds is 9. The standard InChI is InChI=1S/C27H23BrN2O5/c1-34-21-12-8-17(9-13-21)25(31)16-35-27(33)24(30-26(32)18-6-10-20(28)11-7-18)14-19-15-29-23-5-3-2-4-22(19)23/h2-13,15,24,29H,14,16H2,1H3,(H,30,32)/t24-/m0/s1. The zero-order valence-corrected chi connectivity index (χ0v) is 20.5. The van der Waals surface area contributed by atoms with Gasteiger partial charge in [-0.25, -0.2) is 4.79 Å². The Bertz CT molecular complexity index is 1350. The van der Waals surface area contributed by atoms with E-state index in [2.05, 4.69) is 26.2 Å². The van der Waals surface area contributed by atoms with Crippen LogP contribution in [0.1, 0.15) is 26.3 Å². The number of fused-ring (bicyclic) bond motifs is 1. The van der Waals surface area contributed by atoms with Crippen LogP contribution in [0.25, 0.3) is 10.9 Å². The van der Waals surface area contributed by atoms with E-state index in [4.69, 9.17) is 9.47 Å². The summed E-state index contributed by atoms with van der Waals surface area (Å²) < 4.78 is 11.3. The van der Waals surface area contributed by atoms with Gasteiger partial charge in [0.2, 0.25) is 0 Å². The lowest BCUT2D eigenvalue weighted by Crippen LogP contribution is -2.43. The molecular formula is C27H23BrN2O5. The van der Waals surface area contributed by atoms with Gasteiger partial charge in [0, 0.05) is 39.1 Å². The molecule has 0 saturated carbocycles. The number of ether oxygens (including phenoxy) is 2. The maximum atomic E-state index is 13.0. The van der Waals surface area contributed by atoms with Gasteiger partial charge >= 0.3 is 5.97 Å². The number of halogens is 1. The van der Waals surface area contributed by atoms with Crippen molar-refractivity contribution in [3.05, 3.63) is 100 Å². The molecule has 35 heavy (non-hydrogen) atoms. The molecule has 0 bridgehead atoms. The number of ketones is 1. The minimum absolute atomic E-state index is 0.196. The first-order valence-electron chi connectivity index (χ1n) is 10.9. The number of amides is 1. The fourth-order valence-corrected chi connectivity index (χ4v) is 3.92. The highest BCUT2D eigenvalue weighted by Gasteiger charge is 2.25. The largest absolute Gasteiger partial charge is 0.497 e. The van der Waals surface area contributed by atoms with E-state index < -0.39 is 24.5 Å². The summed E-state index contributed by atoms with van der Waals surface area (Å²) in [5, 5.41) is 3.71. The number of hydrogen-bond acceptors (Lipinski definition) is 5. The number of aromatic amines is 1. The highest BCUT2D eigenvalue weighted by molar-refractivity contribution is 9.10. The molecule has 1 heterocycles. The molecule has 0 aliphatic carbocycles. The molecule has 178 valence electrons. The predicted molar refractivity (Wildman–Crippen MR) is 136 cm³/mol. The van der Waals surface area contributed by atoms with Crippen molar-refractivity contribution in [1.82, 2.24) is 10.3 Å². The van der Waals surface area contributed by atoms with Crippen LogP contribution in [-0.4, -0.2) is 42.4 Å². The second-order valence-corrected chi connectivity index (χ2v) is 8.77. The predicted octanol–water partition coefficient (Wildman–Crippen LogP) is 4.71. The summed E-state index contributed by atoms with van der Waals surface area (Å²) in [7, 11) is 1.54. The third kappa shape index (κ3) is 5.96. The number of nitrogens with one attached hydrogen (secondary N) is 2. The number of hydrogen-bond donors (Lipinski definition) is 2. The van der Waals surface area contributed by atoms with Gasteiger partial charge < -0.3 is 19.8 Å². The van der Waals surface area contributed by atoms with Crippen LogP contribution >= 0.6 is 15.9 Å². The summed E-state index contributed by atoms with van der Waals surface area (Å²) in [4.78, 5) is 41.6. The van der Waals surface area contributed by atoms with Crippen LogP contribution in [0.5, 0.6) is 5.75 Å². The lowest BCUT2D eigenvalue weighted by atomic mass is 10.0. The number of methoxy groups -OCH3 is 1. The summed E-state index contributed by atoms with van der Waals surface area (Å²) in [5.74, 6) is -0.845. The molecule has 0 saturated heterocycles. The highest BCUT2D eigenvalue weighted by Crippen LogP contribution is 2.20. The zero-order chi connectivity index (χ0) is 24.8. The molecule has 4 rings (SSSR count). The molecule has 8 heteroatoms. The first kappa shape index (κ1) is 24.2. The quantitative estimate of drug-likeness (QED) is 0.239. The first-order chi connectivity index (χ1) is 16.9. The molecule has 7 nitrogen and oxygen atoms in total. The van der Waals surface area contributed by atoms with E-state index in [1.807, 2.05) is 24.3 Å². The molecule has 0 radical (unpaired) electrons. The topological polar surface area (TPSA) is 97.5 Å². The maximum Gasteiger partial charge on any atom is 0.329 e. The highest BCUT2D eigenvalue weighted by atomic mass is 79.9. The van der Waals surface area contributed by atoms with Crippen molar-refractivity contribution in [2.75, 3.05) is 13.7 Å². The molecule has 0 aliphatic rings. The van der Waals surface area contributed by atoms with E-state index in [0.29, 0.717) is 16.9 Å². The monoisotopic (exact) mass is 534 g/mol. The average molecular weight is 535 g/mol. The van der Waals surface area contributed by atoms with Gasteiger partial charge in [-0.3, -0.25) is 9.59 Å². The van der Waals surface area contributed by atoms with Gasteiger partial charge in [0.25, 0.3) is 5.91 Å². The van der Waals surface area contributed by atoms with Crippen molar-refractivity contribution >= 4 is 44.5 Å². The fourth-order valence-electron chi connectivity index (χ4n) is 3.65. The number of carbonyl (C=O) groups excluding carboxylic acids is 3. The molecule has 1 aromatic heterocycles. The van der Waals surface area contributed by atoms with E-state index in [9.17, 15) is 14.4 Å². The Morgan fingerprint density at radius 1 is 0.943 bits per heavy atom. The summed E-state index contributed by atoms with van der Waals surface area (Å²) >= 11 is 3.34. The first-order valence-corrected chi connectivity index (χ1v) is 11.7. The van der Waals surface area contributed by atoms with Crippen LogP contribution < -0.4 is 10.1 Å². The summed E-state index contributed by atoms with van der Waals surface area (Å²) in [5.41, 5.74) is 2.56. The Morgan fingerprint density at radius 3 is 2.34 bits per heavy atom. The fraction of sp³-hybridized carbons (Fsp3) is 0.148. The van der Waals surface area contributed by atoms with Crippen molar-refractivity contribution in [2.45, 2.75) is 12.5 Å². The molecular weight excluding hydrogens is 512 g/mol. The molecule has 0 aliphatic heterocycles. The summed E-state index contributed by atoms with van der Waals surface area (Å²) in [6.45, 7) is -0.441. The van der Waals surface area contributed by atoms with Crippen molar-refractivity contribution in [3.63, 3.8) is 0 Å². The Kier molecular flexibility index (Phi) is 7.62. The number of carbonyl (C=O) groups is 3. The minimum Gasteiger partial charge on any atom is -0.497 e. The van der Waals surface area contributed by atoms with Gasteiger partial charge in [0.15, 0.2) is 12.4 Å². The minimum atomic E-state index is -0.992. The van der Waals surface area contributed by atoms with E-state index in [-0.39, 0.29) is 12.2 Å². The molecule has 0 unspecified atom stereocenters.